The summed E-state index contributed by atoms with van der Waals surface area (Å²) < 4.78 is 17.7. The number of fused-ring (bicyclic) bond motifs is 3. The lowest BCUT2D eigenvalue weighted by Gasteiger charge is -2.47. The zero-order chi connectivity index (χ0) is 25.6. The molecule has 198 valence electrons. The van der Waals surface area contributed by atoms with Gasteiger partial charge in [0.25, 0.3) is 0 Å². The largest absolute Gasteiger partial charge is 0.490 e. The van der Waals surface area contributed by atoms with Gasteiger partial charge in [-0.05, 0) is 98.2 Å². The van der Waals surface area contributed by atoms with E-state index in [2.05, 4.69) is 17.0 Å². The van der Waals surface area contributed by atoms with Gasteiger partial charge in [0.05, 0.1) is 37.2 Å². The molecule has 2 heterocycles. The molecule has 6 nitrogen and oxygen atoms in total. The molecule has 1 saturated heterocycles. The zero-order valence-electron chi connectivity index (χ0n) is 21.5. The van der Waals surface area contributed by atoms with Crippen molar-refractivity contribution in [3.63, 3.8) is 0 Å². The fourth-order valence-corrected chi connectivity index (χ4v) is 7.26. The number of rotatable bonds is 4. The molecule has 3 unspecified atom stereocenters. The summed E-state index contributed by atoms with van der Waals surface area (Å²) in [5, 5.41) is 11.0. The number of halogens is 1. The second-order valence-electron chi connectivity index (χ2n) is 11.4. The minimum absolute atomic E-state index is 0.123. The maximum absolute atomic E-state index is 12.4. The van der Waals surface area contributed by atoms with E-state index >= 15 is 0 Å². The van der Waals surface area contributed by atoms with Crippen LogP contribution in [0.4, 0.5) is 5.69 Å². The summed E-state index contributed by atoms with van der Waals surface area (Å²) in [6.45, 7) is 2.91. The number of anilines is 1. The van der Waals surface area contributed by atoms with E-state index in [1.807, 2.05) is 18.2 Å². The highest BCUT2D eigenvalue weighted by molar-refractivity contribution is 6.30. The van der Waals surface area contributed by atoms with Gasteiger partial charge in [-0.25, -0.2) is 4.79 Å². The van der Waals surface area contributed by atoms with Crippen LogP contribution in [0.2, 0.25) is 5.02 Å². The third-order valence-electron chi connectivity index (χ3n) is 9.15. The Balaban J connectivity index is 1.35. The summed E-state index contributed by atoms with van der Waals surface area (Å²) in [5.41, 5.74) is 3.98. The maximum Gasteiger partial charge on any atom is 0.337 e. The van der Waals surface area contributed by atoms with Crippen molar-refractivity contribution in [1.29, 1.82) is 0 Å². The van der Waals surface area contributed by atoms with Crippen LogP contribution < -0.4 is 9.64 Å². The first-order valence-corrected chi connectivity index (χ1v) is 14.0. The highest BCUT2D eigenvalue weighted by atomic mass is 35.5. The lowest BCUT2D eigenvalue weighted by atomic mass is 9.67. The van der Waals surface area contributed by atoms with Crippen molar-refractivity contribution in [1.82, 2.24) is 0 Å². The molecule has 2 aromatic carbocycles. The third kappa shape index (κ3) is 4.73. The van der Waals surface area contributed by atoms with Crippen molar-refractivity contribution in [3.8, 4) is 5.75 Å². The van der Waals surface area contributed by atoms with E-state index < -0.39 is 0 Å². The van der Waals surface area contributed by atoms with Crippen molar-refractivity contribution in [3.05, 3.63) is 58.1 Å². The van der Waals surface area contributed by atoms with Crippen LogP contribution in [0, 0.1) is 11.8 Å². The zero-order valence-corrected chi connectivity index (χ0v) is 22.2. The maximum atomic E-state index is 12.4. The standard InChI is InChI=1S/C30H36ClNO5/c1-35-29(34)20-5-9-27-26(14-20)32(16-21-4-7-24(21)28-15-23(33)10-12-36-28)17-30(18-37-27)11-2-3-19-13-22(31)6-8-25(19)30/h5-6,8-9,13-14,21,23-24,28,33H,2-4,7,10-12,15-18H2,1H3/t21?,23?,24?,28-,30-/m0/s1. The second kappa shape index (κ2) is 10.1. The van der Waals surface area contributed by atoms with E-state index in [0.29, 0.717) is 30.6 Å². The Morgan fingerprint density at radius 1 is 1.22 bits per heavy atom. The van der Waals surface area contributed by atoms with Crippen LogP contribution in [0.25, 0.3) is 0 Å². The molecule has 2 fully saturated rings. The molecule has 4 aliphatic rings. The molecular weight excluding hydrogens is 490 g/mol. The van der Waals surface area contributed by atoms with Gasteiger partial charge in [-0.1, -0.05) is 17.7 Å². The quantitative estimate of drug-likeness (QED) is 0.556. The van der Waals surface area contributed by atoms with Crippen LogP contribution in [0.15, 0.2) is 36.4 Å². The number of hydrogen-bond donors (Lipinski definition) is 1. The van der Waals surface area contributed by atoms with Crippen molar-refractivity contribution < 1.29 is 24.1 Å². The molecule has 1 N–H and O–H groups in total. The number of carbonyl (C=O) groups excluding carboxylic acids is 1. The first kappa shape index (κ1) is 25.0. The minimum atomic E-state index is -0.342. The molecular formula is C30H36ClNO5. The smallest absolute Gasteiger partial charge is 0.337 e. The average Bonchev–Trinajstić information content (AvgIpc) is 3.03. The Morgan fingerprint density at radius 2 is 2.11 bits per heavy atom. The first-order valence-electron chi connectivity index (χ1n) is 13.6. The number of aliphatic hydroxyl groups excluding tert-OH is 1. The van der Waals surface area contributed by atoms with Gasteiger partial charge in [0, 0.05) is 30.1 Å². The van der Waals surface area contributed by atoms with E-state index in [0.717, 1.165) is 74.5 Å². The Bertz CT molecular complexity index is 1170. The van der Waals surface area contributed by atoms with Crippen LogP contribution in [-0.2, 0) is 21.3 Å². The molecule has 5 atom stereocenters. The monoisotopic (exact) mass is 525 g/mol. The summed E-state index contributed by atoms with van der Waals surface area (Å²) >= 11 is 6.38. The number of aryl methyl sites for hydroxylation is 1. The lowest BCUT2D eigenvalue weighted by molar-refractivity contribution is -0.101. The molecule has 2 aromatic rings. The van der Waals surface area contributed by atoms with Crippen LogP contribution in [0.1, 0.15) is 60.0 Å². The third-order valence-corrected chi connectivity index (χ3v) is 9.39. The summed E-state index contributed by atoms with van der Waals surface area (Å²) in [7, 11) is 1.42. The Kier molecular flexibility index (Phi) is 6.85. The predicted octanol–water partition coefficient (Wildman–Crippen LogP) is 5.17. The fourth-order valence-electron chi connectivity index (χ4n) is 7.06. The van der Waals surface area contributed by atoms with Crippen LogP contribution in [-0.4, -0.2) is 56.7 Å². The summed E-state index contributed by atoms with van der Waals surface area (Å²) in [6.07, 6.45) is 6.76. The van der Waals surface area contributed by atoms with E-state index in [9.17, 15) is 9.90 Å². The normalized spacial score (nSPS) is 30.9. The second-order valence-corrected chi connectivity index (χ2v) is 11.8. The predicted molar refractivity (Wildman–Crippen MR) is 143 cm³/mol. The molecule has 37 heavy (non-hydrogen) atoms. The number of esters is 1. The number of carbonyl (C=O) groups is 1. The Labute approximate surface area is 223 Å². The molecule has 0 amide bonds. The van der Waals surface area contributed by atoms with Crippen LogP contribution in [0.5, 0.6) is 5.75 Å². The molecule has 0 radical (unpaired) electrons. The molecule has 0 aromatic heterocycles. The van der Waals surface area contributed by atoms with Gasteiger partial charge in [0.2, 0.25) is 0 Å². The molecule has 0 bridgehead atoms. The fraction of sp³-hybridized carbons (Fsp3) is 0.567. The van der Waals surface area contributed by atoms with Gasteiger partial charge in [-0.2, -0.15) is 0 Å². The van der Waals surface area contributed by atoms with Gasteiger partial charge < -0.3 is 24.2 Å². The lowest BCUT2D eigenvalue weighted by Crippen LogP contribution is -2.50. The summed E-state index contributed by atoms with van der Waals surface area (Å²) in [4.78, 5) is 14.9. The number of methoxy groups -OCH3 is 1. The van der Waals surface area contributed by atoms with Crippen LogP contribution in [0.3, 0.4) is 0 Å². The average molecular weight is 526 g/mol. The summed E-state index contributed by atoms with van der Waals surface area (Å²) in [5.74, 6) is 1.38. The van der Waals surface area contributed by atoms with E-state index in [1.54, 1.807) is 6.07 Å². The van der Waals surface area contributed by atoms with Crippen LogP contribution >= 0.6 is 11.6 Å². The topological polar surface area (TPSA) is 68.2 Å². The summed E-state index contributed by atoms with van der Waals surface area (Å²) in [6, 6.07) is 11.9. The molecule has 1 saturated carbocycles. The van der Waals surface area contributed by atoms with E-state index in [1.165, 1.54) is 18.2 Å². The van der Waals surface area contributed by atoms with Crippen molar-refractivity contribution >= 4 is 23.3 Å². The Hall–Kier alpha value is -2.28. The molecule has 6 rings (SSSR count). The van der Waals surface area contributed by atoms with Gasteiger partial charge in [-0.3, -0.25) is 0 Å². The Morgan fingerprint density at radius 3 is 2.89 bits per heavy atom. The molecule has 2 aliphatic heterocycles. The van der Waals surface area contributed by atoms with Gasteiger partial charge in [-0.15, -0.1) is 0 Å². The molecule has 1 spiro atoms. The first-order chi connectivity index (χ1) is 18.0. The van der Waals surface area contributed by atoms with Gasteiger partial charge >= 0.3 is 5.97 Å². The number of hydrogen-bond acceptors (Lipinski definition) is 6. The van der Waals surface area contributed by atoms with Crippen molar-refractivity contribution in [2.45, 2.75) is 62.6 Å². The highest BCUT2D eigenvalue weighted by Gasteiger charge is 2.45. The van der Waals surface area contributed by atoms with E-state index in [-0.39, 0.29) is 23.6 Å². The number of aliphatic hydroxyl groups is 1. The van der Waals surface area contributed by atoms with Gasteiger partial charge in [0.1, 0.15) is 5.75 Å². The minimum Gasteiger partial charge on any atom is -0.490 e. The molecule has 2 aliphatic carbocycles. The number of ether oxygens (including phenoxy) is 3. The van der Waals surface area contributed by atoms with E-state index in [4.69, 9.17) is 25.8 Å². The number of nitrogens with zero attached hydrogens (tertiary/aromatic N) is 1. The van der Waals surface area contributed by atoms with Crippen molar-refractivity contribution in [2.24, 2.45) is 11.8 Å². The van der Waals surface area contributed by atoms with Crippen molar-refractivity contribution in [2.75, 3.05) is 38.3 Å². The number of benzene rings is 2. The highest BCUT2D eigenvalue weighted by Crippen LogP contribution is 2.47. The SMILES string of the molecule is COC(=O)c1ccc2c(c1)N(CC1CCC1[C@@H]1CC(O)CCO1)C[C@@]1(CCCc3cc(Cl)ccc31)CO2. The van der Waals surface area contributed by atoms with Gasteiger partial charge in [0.15, 0.2) is 0 Å². The molecule has 7 heteroatoms.